The van der Waals surface area contributed by atoms with E-state index in [1.165, 1.54) is 17.4 Å². The van der Waals surface area contributed by atoms with Gasteiger partial charge in [-0.2, -0.15) is 0 Å². The van der Waals surface area contributed by atoms with Crippen molar-refractivity contribution in [2.75, 3.05) is 5.32 Å². The molecule has 0 saturated heterocycles. The van der Waals surface area contributed by atoms with Crippen LogP contribution in [0, 0.1) is 15.9 Å². The maximum Gasteiger partial charge on any atom is 0.295 e. The number of benzene rings is 1. The SMILES string of the molecule is O=[N+]([O-])c1cc(F)c(Cl)cc1NCc1cscn1. The van der Waals surface area contributed by atoms with Gasteiger partial charge in [0.05, 0.1) is 33.8 Å². The molecule has 8 heteroatoms. The van der Waals surface area contributed by atoms with E-state index in [0.29, 0.717) is 6.54 Å². The summed E-state index contributed by atoms with van der Waals surface area (Å²) in [6.07, 6.45) is 0. The fourth-order valence-electron chi connectivity index (χ4n) is 1.34. The summed E-state index contributed by atoms with van der Waals surface area (Å²) < 4.78 is 13.2. The molecule has 94 valence electrons. The van der Waals surface area contributed by atoms with Crippen molar-refractivity contribution in [1.29, 1.82) is 0 Å². The van der Waals surface area contributed by atoms with Crippen LogP contribution < -0.4 is 5.32 Å². The Morgan fingerprint density at radius 2 is 2.33 bits per heavy atom. The number of anilines is 1. The van der Waals surface area contributed by atoms with Crippen LogP contribution in [0.5, 0.6) is 0 Å². The molecule has 1 aromatic heterocycles. The molecule has 0 atom stereocenters. The zero-order valence-electron chi connectivity index (χ0n) is 8.89. The maximum atomic E-state index is 13.2. The van der Waals surface area contributed by atoms with Crippen molar-refractivity contribution >= 4 is 34.3 Å². The minimum atomic E-state index is -0.817. The fraction of sp³-hybridized carbons (Fsp3) is 0.100. The molecule has 0 saturated carbocycles. The van der Waals surface area contributed by atoms with Gasteiger partial charge in [-0.05, 0) is 6.07 Å². The van der Waals surface area contributed by atoms with E-state index in [1.807, 2.05) is 5.38 Å². The molecule has 2 rings (SSSR count). The summed E-state index contributed by atoms with van der Waals surface area (Å²) in [6.45, 7) is 0.312. The van der Waals surface area contributed by atoms with Crippen molar-refractivity contribution in [1.82, 2.24) is 4.98 Å². The molecule has 0 aliphatic heterocycles. The minimum Gasteiger partial charge on any atom is -0.374 e. The van der Waals surface area contributed by atoms with E-state index in [1.54, 1.807) is 5.51 Å². The molecule has 5 nitrogen and oxygen atoms in total. The number of hydrogen-bond acceptors (Lipinski definition) is 5. The number of nitrogens with zero attached hydrogens (tertiary/aromatic N) is 2. The number of thiazole rings is 1. The van der Waals surface area contributed by atoms with Crippen LogP contribution in [-0.4, -0.2) is 9.91 Å². The molecule has 0 radical (unpaired) electrons. The molecule has 1 heterocycles. The lowest BCUT2D eigenvalue weighted by atomic mass is 10.2. The number of nitro benzene ring substituents is 1. The average Bonchev–Trinajstić information content (AvgIpc) is 2.83. The number of nitrogens with one attached hydrogen (secondary N) is 1. The van der Waals surface area contributed by atoms with Gasteiger partial charge in [0.15, 0.2) is 0 Å². The lowest BCUT2D eigenvalue weighted by Crippen LogP contribution is -2.03. The third-order valence-electron chi connectivity index (χ3n) is 2.18. The highest BCUT2D eigenvalue weighted by Gasteiger charge is 2.17. The molecule has 0 amide bonds. The van der Waals surface area contributed by atoms with Crippen LogP contribution in [0.15, 0.2) is 23.0 Å². The highest BCUT2D eigenvalue weighted by atomic mass is 35.5. The Kier molecular flexibility index (Phi) is 3.73. The summed E-state index contributed by atoms with van der Waals surface area (Å²) in [5.41, 5.74) is 2.21. The summed E-state index contributed by atoms with van der Waals surface area (Å²) in [7, 11) is 0. The Labute approximate surface area is 110 Å². The Morgan fingerprint density at radius 1 is 1.56 bits per heavy atom. The number of halogens is 2. The van der Waals surface area contributed by atoms with Crippen LogP contribution in [0.3, 0.4) is 0 Å². The number of nitro groups is 1. The second-order valence-electron chi connectivity index (χ2n) is 3.37. The third-order valence-corrected chi connectivity index (χ3v) is 3.10. The van der Waals surface area contributed by atoms with E-state index in [4.69, 9.17) is 11.6 Å². The molecule has 0 unspecified atom stereocenters. The molecule has 0 spiro atoms. The Morgan fingerprint density at radius 3 is 2.94 bits per heavy atom. The van der Waals surface area contributed by atoms with Crippen LogP contribution in [0.2, 0.25) is 5.02 Å². The van der Waals surface area contributed by atoms with Crippen molar-refractivity contribution in [3.63, 3.8) is 0 Å². The van der Waals surface area contributed by atoms with E-state index >= 15 is 0 Å². The standard InChI is InChI=1S/C10H7ClFN3O2S/c11-7-1-9(10(15(16)17)2-8(7)12)13-3-6-4-18-5-14-6/h1-2,4-5,13H,3H2. The first kappa shape index (κ1) is 12.7. The second-order valence-corrected chi connectivity index (χ2v) is 4.50. The van der Waals surface area contributed by atoms with Crippen LogP contribution in [0.25, 0.3) is 0 Å². The smallest absolute Gasteiger partial charge is 0.295 e. The summed E-state index contributed by atoms with van der Waals surface area (Å²) in [6, 6.07) is 1.99. The van der Waals surface area contributed by atoms with Crippen LogP contribution in [0.4, 0.5) is 15.8 Å². The van der Waals surface area contributed by atoms with Crippen molar-refractivity contribution in [3.05, 3.63) is 49.7 Å². The van der Waals surface area contributed by atoms with Crippen LogP contribution in [-0.2, 0) is 6.54 Å². The molecule has 18 heavy (non-hydrogen) atoms. The third kappa shape index (κ3) is 2.74. The summed E-state index contributed by atoms with van der Waals surface area (Å²) in [5, 5.41) is 15.2. The van der Waals surface area contributed by atoms with Crippen molar-refractivity contribution in [2.45, 2.75) is 6.54 Å². The monoisotopic (exact) mass is 287 g/mol. The molecule has 0 aliphatic rings. The van der Waals surface area contributed by atoms with Crippen molar-refractivity contribution in [3.8, 4) is 0 Å². The van der Waals surface area contributed by atoms with Gasteiger partial charge in [0.25, 0.3) is 5.69 Å². The highest BCUT2D eigenvalue weighted by molar-refractivity contribution is 7.07. The van der Waals surface area contributed by atoms with E-state index < -0.39 is 10.7 Å². The van der Waals surface area contributed by atoms with Crippen molar-refractivity contribution in [2.24, 2.45) is 0 Å². The predicted octanol–water partition coefficient (Wildman–Crippen LogP) is 3.46. The van der Waals surface area contributed by atoms with Gasteiger partial charge in [-0.15, -0.1) is 11.3 Å². The van der Waals surface area contributed by atoms with Crippen molar-refractivity contribution < 1.29 is 9.31 Å². The largest absolute Gasteiger partial charge is 0.374 e. The number of rotatable bonds is 4. The Balaban J connectivity index is 2.25. The maximum absolute atomic E-state index is 13.2. The average molecular weight is 288 g/mol. The van der Waals surface area contributed by atoms with Gasteiger partial charge in [-0.25, -0.2) is 9.37 Å². The number of aromatic nitrogens is 1. The van der Waals surface area contributed by atoms with Gasteiger partial charge < -0.3 is 5.32 Å². The first-order valence-corrected chi connectivity index (χ1v) is 6.14. The van der Waals surface area contributed by atoms with E-state index in [0.717, 1.165) is 11.8 Å². The molecular formula is C10H7ClFN3O2S. The first-order valence-electron chi connectivity index (χ1n) is 4.82. The first-order chi connectivity index (χ1) is 8.58. The molecule has 0 fully saturated rings. The lowest BCUT2D eigenvalue weighted by Gasteiger charge is -2.06. The fourth-order valence-corrected chi connectivity index (χ4v) is 2.06. The molecular weight excluding hydrogens is 281 g/mol. The van der Waals surface area contributed by atoms with Gasteiger partial charge in [-0.1, -0.05) is 11.6 Å². The summed E-state index contributed by atoms with van der Waals surface area (Å²) in [5.74, 6) is -0.817. The minimum absolute atomic E-state index is 0.165. The van der Waals surface area contributed by atoms with Crippen LogP contribution >= 0.6 is 22.9 Å². The van der Waals surface area contributed by atoms with Crippen LogP contribution in [0.1, 0.15) is 5.69 Å². The molecule has 0 bridgehead atoms. The summed E-state index contributed by atoms with van der Waals surface area (Å²) >= 11 is 7.02. The van der Waals surface area contributed by atoms with Gasteiger partial charge >= 0.3 is 0 Å². The topological polar surface area (TPSA) is 68.1 Å². The van der Waals surface area contributed by atoms with Gasteiger partial charge in [0, 0.05) is 5.38 Å². The zero-order chi connectivity index (χ0) is 13.1. The second kappa shape index (κ2) is 5.28. The van der Waals surface area contributed by atoms with Gasteiger partial charge in [0.1, 0.15) is 11.5 Å². The summed E-state index contributed by atoms with van der Waals surface area (Å²) in [4.78, 5) is 14.1. The Hall–Kier alpha value is -1.73. The Bertz CT molecular complexity index is 577. The predicted molar refractivity (Wildman–Crippen MR) is 67.5 cm³/mol. The van der Waals surface area contributed by atoms with Gasteiger partial charge in [0.2, 0.25) is 0 Å². The lowest BCUT2D eigenvalue weighted by molar-refractivity contribution is -0.384. The normalized spacial score (nSPS) is 10.3. The van der Waals surface area contributed by atoms with Gasteiger partial charge in [-0.3, -0.25) is 10.1 Å². The number of hydrogen-bond donors (Lipinski definition) is 1. The molecule has 1 aromatic carbocycles. The highest BCUT2D eigenvalue weighted by Crippen LogP contribution is 2.30. The molecule has 0 aliphatic carbocycles. The van der Waals surface area contributed by atoms with E-state index in [-0.39, 0.29) is 16.4 Å². The van der Waals surface area contributed by atoms with E-state index in [2.05, 4.69) is 10.3 Å². The molecule has 2 aromatic rings. The quantitative estimate of drug-likeness (QED) is 0.691. The molecule has 1 N–H and O–H groups in total. The zero-order valence-corrected chi connectivity index (χ0v) is 10.5. The van der Waals surface area contributed by atoms with E-state index in [9.17, 15) is 14.5 Å².